The second kappa shape index (κ2) is 9.05. The molecule has 1 atom stereocenters. The van der Waals surface area contributed by atoms with Crippen LogP contribution < -0.4 is 5.63 Å². The second-order valence-electron chi connectivity index (χ2n) is 7.41. The Hall–Kier alpha value is -2.93. The summed E-state index contributed by atoms with van der Waals surface area (Å²) in [5, 5.41) is 10.1. The van der Waals surface area contributed by atoms with Gasteiger partial charge in [-0.05, 0) is 30.5 Å². The molecule has 29 heavy (non-hydrogen) atoms. The number of rotatable bonds is 4. The van der Waals surface area contributed by atoms with Gasteiger partial charge in [0.05, 0.1) is 6.10 Å². The van der Waals surface area contributed by atoms with Crippen molar-refractivity contribution in [3.05, 3.63) is 69.3 Å². The van der Waals surface area contributed by atoms with Crippen molar-refractivity contribution in [3.8, 4) is 0 Å². The molecule has 1 unspecified atom stereocenters. The van der Waals surface area contributed by atoms with E-state index in [0.29, 0.717) is 24.3 Å². The summed E-state index contributed by atoms with van der Waals surface area (Å²) >= 11 is 0. The summed E-state index contributed by atoms with van der Waals surface area (Å²) in [7, 11) is 0. The molecule has 1 fully saturated rings. The normalized spacial score (nSPS) is 17.1. The number of aryl methyl sites for hydroxylation is 3. The minimum absolute atomic E-state index is 0.0167. The standard InChI is InChI=1S/C22H26N2O5/c1-15-12-19(9-8-17-6-4-3-5-7-17)29-22(28)20(15)21(27)24-11-10-23(16(2)25)13-18(26)14-24/h3-7,12,18,26H,8-11,13-14H2,1-2H3. The van der Waals surface area contributed by atoms with Crippen LogP contribution in [0.4, 0.5) is 0 Å². The molecule has 1 aromatic heterocycles. The molecule has 0 radical (unpaired) electrons. The van der Waals surface area contributed by atoms with E-state index in [0.717, 1.165) is 12.0 Å². The molecule has 1 saturated heterocycles. The molecule has 7 heteroatoms. The highest BCUT2D eigenvalue weighted by molar-refractivity contribution is 5.95. The van der Waals surface area contributed by atoms with Gasteiger partial charge in [0.2, 0.25) is 5.91 Å². The number of hydrogen-bond donors (Lipinski definition) is 1. The summed E-state index contributed by atoms with van der Waals surface area (Å²) in [6, 6.07) is 11.6. The number of carbonyl (C=O) groups is 2. The Kier molecular flexibility index (Phi) is 6.49. The van der Waals surface area contributed by atoms with E-state index in [-0.39, 0.29) is 31.1 Å². The van der Waals surface area contributed by atoms with Crippen LogP contribution in [0.1, 0.15) is 34.2 Å². The fourth-order valence-corrected chi connectivity index (χ4v) is 3.58. The average molecular weight is 398 g/mol. The van der Waals surface area contributed by atoms with E-state index in [1.807, 2.05) is 30.3 Å². The fourth-order valence-electron chi connectivity index (χ4n) is 3.58. The first-order valence-corrected chi connectivity index (χ1v) is 9.75. The molecule has 3 rings (SSSR count). The maximum Gasteiger partial charge on any atom is 0.349 e. The van der Waals surface area contributed by atoms with Crippen molar-refractivity contribution in [2.75, 3.05) is 26.2 Å². The van der Waals surface area contributed by atoms with E-state index in [2.05, 4.69) is 0 Å². The van der Waals surface area contributed by atoms with Crippen molar-refractivity contribution in [3.63, 3.8) is 0 Å². The number of amides is 2. The number of aliphatic hydroxyl groups is 1. The van der Waals surface area contributed by atoms with Crippen LogP contribution in [0.5, 0.6) is 0 Å². The number of benzene rings is 1. The zero-order chi connectivity index (χ0) is 21.0. The first kappa shape index (κ1) is 20.8. The summed E-state index contributed by atoms with van der Waals surface area (Å²) in [6.45, 7) is 3.95. The van der Waals surface area contributed by atoms with E-state index in [4.69, 9.17) is 4.42 Å². The predicted molar refractivity (Wildman–Crippen MR) is 108 cm³/mol. The van der Waals surface area contributed by atoms with Crippen molar-refractivity contribution in [1.82, 2.24) is 9.80 Å². The van der Waals surface area contributed by atoms with Crippen LogP contribution in [0.25, 0.3) is 0 Å². The lowest BCUT2D eigenvalue weighted by molar-refractivity contribution is -0.129. The van der Waals surface area contributed by atoms with Crippen molar-refractivity contribution in [2.24, 2.45) is 0 Å². The number of nitrogens with zero attached hydrogens (tertiary/aromatic N) is 2. The Morgan fingerprint density at radius 2 is 1.76 bits per heavy atom. The molecule has 2 amide bonds. The third kappa shape index (κ3) is 5.12. The highest BCUT2D eigenvalue weighted by Crippen LogP contribution is 2.14. The van der Waals surface area contributed by atoms with Gasteiger partial charge in [-0.2, -0.15) is 0 Å². The Balaban J connectivity index is 1.75. The van der Waals surface area contributed by atoms with Crippen LogP contribution in [0.2, 0.25) is 0 Å². The lowest BCUT2D eigenvalue weighted by atomic mass is 10.1. The van der Waals surface area contributed by atoms with Gasteiger partial charge < -0.3 is 19.3 Å². The Morgan fingerprint density at radius 3 is 2.41 bits per heavy atom. The lowest BCUT2D eigenvalue weighted by Crippen LogP contribution is -2.40. The maximum absolute atomic E-state index is 13.0. The van der Waals surface area contributed by atoms with Gasteiger partial charge in [-0.25, -0.2) is 4.79 Å². The van der Waals surface area contributed by atoms with Gasteiger partial charge in [0.15, 0.2) is 0 Å². The van der Waals surface area contributed by atoms with Crippen molar-refractivity contribution in [2.45, 2.75) is 32.8 Å². The first-order valence-electron chi connectivity index (χ1n) is 9.75. The van der Waals surface area contributed by atoms with Crippen molar-refractivity contribution in [1.29, 1.82) is 0 Å². The smallest absolute Gasteiger partial charge is 0.349 e. The van der Waals surface area contributed by atoms with Gasteiger partial charge in [0.25, 0.3) is 5.91 Å². The molecule has 2 aromatic rings. The molecule has 7 nitrogen and oxygen atoms in total. The van der Waals surface area contributed by atoms with Crippen molar-refractivity contribution >= 4 is 11.8 Å². The first-order chi connectivity index (χ1) is 13.8. The average Bonchev–Trinajstić information content (AvgIpc) is 2.88. The molecular weight excluding hydrogens is 372 g/mol. The highest BCUT2D eigenvalue weighted by atomic mass is 16.4. The van der Waals surface area contributed by atoms with Crippen molar-refractivity contribution < 1.29 is 19.1 Å². The lowest BCUT2D eigenvalue weighted by Gasteiger charge is -2.22. The summed E-state index contributed by atoms with van der Waals surface area (Å²) < 4.78 is 5.41. The Bertz CT molecular complexity index is 938. The number of carbonyl (C=O) groups excluding carboxylic acids is 2. The highest BCUT2D eigenvalue weighted by Gasteiger charge is 2.29. The SMILES string of the molecule is CC(=O)N1CCN(C(=O)c2c(C)cc(CCc3ccccc3)oc2=O)CC(O)C1. The molecule has 0 aliphatic carbocycles. The number of aliphatic hydroxyl groups excluding tert-OH is 1. The summed E-state index contributed by atoms with van der Waals surface area (Å²) in [6.07, 6.45) is 0.433. The van der Waals surface area contributed by atoms with Gasteiger partial charge in [-0.15, -0.1) is 0 Å². The van der Waals surface area contributed by atoms with Crippen LogP contribution in [0.3, 0.4) is 0 Å². The van der Waals surface area contributed by atoms with Crippen LogP contribution in [0.15, 0.2) is 45.6 Å². The topological polar surface area (TPSA) is 91.1 Å². The fraction of sp³-hybridized carbons (Fsp3) is 0.409. The largest absolute Gasteiger partial charge is 0.427 e. The van der Waals surface area contributed by atoms with Crippen LogP contribution in [-0.4, -0.2) is 59.0 Å². The van der Waals surface area contributed by atoms with Gasteiger partial charge >= 0.3 is 5.63 Å². The monoisotopic (exact) mass is 398 g/mol. The Morgan fingerprint density at radius 1 is 1.10 bits per heavy atom. The molecule has 1 N–H and O–H groups in total. The third-order valence-electron chi connectivity index (χ3n) is 5.15. The van der Waals surface area contributed by atoms with Gasteiger partial charge in [-0.3, -0.25) is 9.59 Å². The summed E-state index contributed by atoms with van der Waals surface area (Å²) in [5.74, 6) is -0.0984. The molecule has 154 valence electrons. The van der Waals surface area contributed by atoms with E-state index in [9.17, 15) is 19.5 Å². The second-order valence-corrected chi connectivity index (χ2v) is 7.41. The minimum atomic E-state index is -0.858. The number of hydrogen-bond acceptors (Lipinski definition) is 5. The quantitative estimate of drug-likeness (QED) is 0.841. The van der Waals surface area contributed by atoms with E-state index in [1.165, 1.54) is 16.7 Å². The molecule has 1 aromatic carbocycles. The zero-order valence-corrected chi connectivity index (χ0v) is 16.8. The predicted octanol–water partition coefficient (Wildman–Crippen LogP) is 1.40. The van der Waals surface area contributed by atoms with Gasteiger partial charge in [0.1, 0.15) is 11.3 Å². The summed E-state index contributed by atoms with van der Waals surface area (Å²) in [4.78, 5) is 40.0. The summed E-state index contributed by atoms with van der Waals surface area (Å²) in [5.41, 5.74) is 1.01. The van der Waals surface area contributed by atoms with E-state index < -0.39 is 17.6 Å². The van der Waals surface area contributed by atoms with E-state index in [1.54, 1.807) is 13.0 Å². The molecule has 2 heterocycles. The van der Waals surface area contributed by atoms with E-state index >= 15 is 0 Å². The van der Waals surface area contributed by atoms with Crippen LogP contribution in [0, 0.1) is 6.92 Å². The molecular formula is C22H26N2O5. The van der Waals surface area contributed by atoms with Gasteiger partial charge in [0, 0.05) is 39.5 Å². The molecule has 1 aliphatic rings. The Labute approximate surface area is 169 Å². The maximum atomic E-state index is 13.0. The minimum Gasteiger partial charge on any atom is -0.427 e. The molecule has 1 aliphatic heterocycles. The van der Waals surface area contributed by atoms with Gasteiger partial charge in [-0.1, -0.05) is 30.3 Å². The molecule has 0 spiro atoms. The van der Waals surface area contributed by atoms with Crippen LogP contribution in [-0.2, 0) is 17.6 Å². The third-order valence-corrected chi connectivity index (χ3v) is 5.15. The number of β-amino-alcohol motifs (C(OH)–C–C–N with tert-alkyl or cyclic N) is 1. The van der Waals surface area contributed by atoms with Crippen LogP contribution >= 0.6 is 0 Å². The molecule has 0 saturated carbocycles. The molecule has 0 bridgehead atoms. The zero-order valence-electron chi connectivity index (χ0n) is 16.8.